The summed E-state index contributed by atoms with van der Waals surface area (Å²) in [5, 5.41) is 19.5. The third kappa shape index (κ3) is 1.98. The third-order valence-electron chi connectivity index (χ3n) is 4.36. The van der Waals surface area contributed by atoms with Crippen LogP contribution >= 0.6 is 0 Å². The first-order chi connectivity index (χ1) is 10.8. The van der Waals surface area contributed by atoms with Crippen LogP contribution < -0.4 is 5.46 Å². The van der Waals surface area contributed by atoms with E-state index in [2.05, 4.69) is 18.2 Å². The molecule has 0 saturated carbocycles. The highest BCUT2D eigenvalue weighted by molar-refractivity contribution is 6.60. The molecule has 0 aliphatic heterocycles. The fourth-order valence-electron chi connectivity index (χ4n) is 3.39. The molecule has 106 valence electrons. The lowest BCUT2D eigenvalue weighted by atomic mass is 9.73. The summed E-state index contributed by atoms with van der Waals surface area (Å²) in [5.41, 5.74) is 7.45. The maximum Gasteiger partial charge on any atom is 0.489 e. The zero-order valence-electron chi connectivity index (χ0n) is 12.0. The number of rotatable bonds is 2. The van der Waals surface area contributed by atoms with Crippen molar-refractivity contribution in [2.45, 2.75) is 6.42 Å². The highest BCUT2D eigenvalue weighted by Gasteiger charge is 2.26. The Bertz CT molecular complexity index is 841. The summed E-state index contributed by atoms with van der Waals surface area (Å²) < 4.78 is 0. The van der Waals surface area contributed by atoms with Gasteiger partial charge in [0.15, 0.2) is 0 Å². The summed E-state index contributed by atoms with van der Waals surface area (Å²) in [6, 6.07) is 22.2. The number of hydrogen-bond donors (Lipinski definition) is 2. The van der Waals surface area contributed by atoms with Crippen molar-refractivity contribution in [1.82, 2.24) is 0 Å². The van der Waals surface area contributed by atoms with Crippen molar-refractivity contribution in [2.75, 3.05) is 0 Å². The molecule has 1 aliphatic rings. The predicted octanol–water partition coefficient (Wildman–Crippen LogP) is 2.60. The third-order valence-corrected chi connectivity index (χ3v) is 4.36. The zero-order valence-corrected chi connectivity index (χ0v) is 12.0. The van der Waals surface area contributed by atoms with E-state index in [1.54, 1.807) is 0 Å². The topological polar surface area (TPSA) is 40.5 Å². The van der Waals surface area contributed by atoms with E-state index in [4.69, 9.17) is 0 Å². The van der Waals surface area contributed by atoms with E-state index in [1.807, 2.05) is 48.5 Å². The maximum absolute atomic E-state index is 9.77. The Labute approximate surface area is 129 Å². The van der Waals surface area contributed by atoms with Gasteiger partial charge in [0.05, 0.1) is 0 Å². The van der Waals surface area contributed by atoms with Crippen LogP contribution in [0, 0.1) is 0 Å². The zero-order chi connectivity index (χ0) is 15.1. The lowest BCUT2D eigenvalue weighted by Crippen LogP contribution is -2.32. The van der Waals surface area contributed by atoms with Gasteiger partial charge in [-0.3, -0.25) is 0 Å². The molecule has 0 fully saturated rings. The molecule has 0 amide bonds. The SMILES string of the molecule is OB(O)c1ccc2c(c1-c1ccccc1)Cc1ccccc1-2. The fraction of sp³-hybridized carbons (Fsp3) is 0.0526. The Morgan fingerprint density at radius 2 is 1.45 bits per heavy atom. The molecule has 0 aromatic heterocycles. The summed E-state index contributed by atoms with van der Waals surface area (Å²) in [7, 11) is -1.47. The van der Waals surface area contributed by atoms with Gasteiger partial charge in [0.2, 0.25) is 0 Å². The highest BCUT2D eigenvalue weighted by atomic mass is 16.4. The molecule has 3 aromatic carbocycles. The number of benzene rings is 3. The molecule has 22 heavy (non-hydrogen) atoms. The van der Waals surface area contributed by atoms with Gasteiger partial charge in [0.1, 0.15) is 0 Å². The van der Waals surface area contributed by atoms with E-state index in [0.717, 1.165) is 17.5 Å². The summed E-state index contributed by atoms with van der Waals surface area (Å²) in [6.45, 7) is 0. The van der Waals surface area contributed by atoms with Gasteiger partial charge in [0, 0.05) is 0 Å². The van der Waals surface area contributed by atoms with Crippen LogP contribution in [0.3, 0.4) is 0 Å². The summed E-state index contributed by atoms with van der Waals surface area (Å²) in [5.74, 6) is 0. The molecule has 2 nitrogen and oxygen atoms in total. The van der Waals surface area contributed by atoms with Crippen molar-refractivity contribution in [1.29, 1.82) is 0 Å². The van der Waals surface area contributed by atoms with E-state index in [-0.39, 0.29) is 0 Å². The van der Waals surface area contributed by atoms with Crippen LogP contribution in [0.15, 0.2) is 66.7 Å². The molecule has 4 rings (SSSR count). The van der Waals surface area contributed by atoms with Crippen molar-refractivity contribution in [3.8, 4) is 22.3 Å². The smallest absolute Gasteiger partial charge is 0.423 e. The molecule has 0 unspecified atom stereocenters. The Hall–Kier alpha value is -2.36. The quantitative estimate of drug-likeness (QED) is 0.556. The van der Waals surface area contributed by atoms with Gasteiger partial charge in [-0.05, 0) is 45.3 Å². The minimum absolute atomic E-state index is 0.567. The van der Waals surface area contributed by atoms with Gasteiger partial charge < -0.3 is 10.0 Å². The average molecular weight is 286 g/mol. The van der Waals surface area contributed by atoms with Crippen LogP contribution in [0.1, 0.15) is 11.1 Å². The van der Waals surface area contributed by atoms with Crippen molar-refractivity contribution >= 4 is 12.6 Å². The summed E-state index contributed by atoms with van der Waals surface area (Å²) in [6.07, 6.45) is 0.830. The lowest BCUT2D eigenvalue weighted by molar-refractivity contribution is 0.426. The second-order valence-electron chi connectivity index (χ2n) is 5.63. The Morgan fingerprint density at radius 3 is 2.23 bits per heavy atom. The van der Waals surface area contributed by atoms with Gasteiger partial charge in [-0.2, -0.15) is 0 Å². The fourth-order valence-corrected chi connectivity index (χ4v) is 3.39. The molecule has 0 spiro atoms. The first-order valence-electron chi connectivity index (χ1n) is 7.41. The van der Waals surface area contributed by atoms with Crippen LogP contribution in [0.5, 0.6) is 0 Å². The molecular formula is C19H15BO2. The predicted molar refractivity (Wildman–Crippen MR) is 89.9 cm³/mol. The Morgan fingerprint density at radius 1 is 0.727 bits per heavy atom. The van der Waals surface area contributed by atoms with Crippen molar-refractivity contribution in [3.63, 3.8) is 0 Å². The average Bonchev–Trinajstić information content (AvgIpc) is 2.93. The van der Waals surface area contributed by atoms with Gasteiger partial charge in [0.25, 0.3) is 0 Å². The van der Waals surface area contributed by atoms with Crippen molar-refractivity contribution in [3.05, 3.63) is 77.9 Å². The van der Waals surface area contributed by atoms with E-state index in [9.17, 15) is 10.0 Å². The standard InChI is InChI=1S/C19H15BO2/c21-20(22)18-11-10-16-15-9-5-4-8-14(15)12-17(16)19(18)13-6-2-1-3-7-13/h1-11,21-22H,12H2. The van der Waals surface area contributed by atoms with Crippen LogP contribution in [0.25, 0.3) is 22.3 Å². The molecule has 2 N–H and O–H groups in total. The molecule has 0 saturated heterocycles. The molecule has 0 atom stereocenters. The Balaban J connectivity index is 2.01. The normalized spacial score (nSPS) is 11.9. The molecule has 3 aromatic rings. The lowest BCUT2D eigenvalue weighted by Gasteiger charge is -2.15. The van der Waals surface area contributed by atoms with E-state index < -0.39 is 7.12 Å². The minimum atomic E-state index is -1.47. The van der Waals surface area contributed by atoms with Crippen LogP contribution in [0.2, 0.25) is 0 Å². The van der Waals surface area contributed by atoms with Gasteiger partial charge in [-0.15, -0.1) is 0 Å². The molecule has 3 heteroatoms. The van der Waals surface area contributed by atoms with Crippen LogP contribution in [0.4, 0.5) is 0 Å². The van der Waals surface area contributed by atoms with Crippen LogP contribution in [-0.2, 0) is 6.42 Å². The Kier molecular flexibility index (Phi) is 3.10. The molecule has 0 heterocycles. The largest absolute Gasteiger partial charge is 0.489 e. The van der Waals surface area contributed by atoms with Gasteiger partial charge in [-0.1, -0.05) is 66.7 Å². The maximum atomic E-state index is 9.77. The van der Waals surface area contributed by atoms with E-state index >= 15 is 0 Å². The second-order valence-corrected chi connectivity index (χ2v) is 5.63. The summed E-state index contributed by atoms with van der Waals surface area (Å²) >= 11 is 0. The molecule has 0 bridgehead atoms. The van der Waals surface area contributed by atoms with Gasteiger partial charge in [-0.25, -0.2) is 0 Å². The summed E-state index contributed by atoms with van der Waals surface area (Å²) in [4.78, 5) is 0. The monoisotopic (exact) mass is 286 g/mol. The molecule has 0 radical (unpaired) electrons. The van der Waals surface area contributed by atoms with Crippen molar-refractivity contribution < 1.29 is 10.0 Å². The minimum Gasteiger partial charge on any atom is -0.423 e. The number of fused-ring (bicyclic) bond motifs is 3. The number of hydrogen-bond acceptors (Lipinski definition) is 2. The van der Waals surface area contributed by atoms with E-state index in [1.165, 1.54) is 22.3 Å². The first-order valence-corrected chi connectivity index (χ1v) is 7.41. The van der Waals surface area contributed by atoms with Crippen molar-refractivity contribution in [2.24, 2.45) is 0 Å². The highest BCUT2D eigenvalue weighted by Crippen LogP contribution is 2.40. The van der Waals surface area contributed by atoms with E-state index in [0.29, 0.717) is 5.46 Å². The van der Waals surface area contributed by atoms with Gasteiger partial charge >= 0.3 is 7.12 Å². The molecular weight excluding hydrogens is 271 g/mol. The first kappa shape index (κ1) is 13.3. The van der Waals surface area contributed by atoms with Crippen LogP contribution in [-0.4, -0.2) is 17.2 Å². The second kappa shape index (κ2) is 5.13. The molecule has 1 aliphatic carbocycles.